The molecule has 0 bridgehead atoms. The highest BCUT2D eigenvalue weighted by molar-refractivity contribution is 7.19. The third-order valence-corrected chi connectivity index (χ3v) is 5.41. The van der Waals surface area contributed by atoms with Gasteiger partial charge in [0.05, 0.1) is 10.6 Å². The maximum absolute atomic E-state index is 13.0. The second kappa shape index (κ2) is 6.77. The molecule has 4 rings (SSSR count). The lowest BCUT2D eigenvalue weighted by molar-refractivity contribution is 0.103. The molecule has 4 aromatic rings. The number of carbonyl (C=O) groups is 1. The summed E-state index contributed by atoms with van der Waals surface area (Å²) in [4.78, 5) is 22.1. The molecule has 0 aliphatic rings. The Hall–Kier alpha value is -2.91. The van der Waals surface area contributed by atoms with Gasteiger partial charge in [-0.05, 0) is 42.6 Å². The fraction of sp³-hybridized carbons (Fsp3) is 0.0588. The molecule has 0 saturated heterocycles. The predicted molar refractivity (Wildman–Crippen MR) is 97.8 cm³/mol. The van der Waals surface area contributed by atoms with Crippen LogP contribution in [0.15, 0.2) is 46.3 Å². The first-order chi connectivity index (χ1) is 12.6. The molecule has 9 heteroatoms. The normalized spacial score (nSPS) is 10.8. The van der Waals surface area contributed by atoms with Crippen LogP contribution in [0.1, 0.15) is 15.4 Å². The number of aryl methyl sites for hydroxylation is 1. The summed E-state index contributed by atoms with van der Waals surface area (Å²) < 4.78 is 18.3. The molecule has 26 heavy (non-hydrogen) atoms. The zero-order chi connectivity index (χ0) is 18.1. The molecule has 0 aliphatic heterocycles. The second-order valence-corrected chi connectivity index (χ2v) is 7.24. The van der Waals surface area contributed by atoms with Gasteiger partial charge < -0.3 is 4.52 Å². The number of anilines is 1. The Balaban J connectivity index is 1.58. The number of hydrogen-bond acceptors (Lipinski definition) is 7. The number of rotatable bonds is 4. The van der Waals surface area contributed by atoms with Crippen molar-refractivity contribution in [1.82, 2.24) is 15.1 Å². The average Bonchev–Trinajstić information content (AvgIpc) is 3.35. The summed E-state index contributed by atoms with van der Waals surface area (Å²) in [5, 5.41) is 8.99. The molecule has 0 spiro atoms. The summed E-state index contributed by atoms with van der Waals surface area (Å²) in [6, 6.07) is 9.39. The van der Waals surface area contributed by atoms with Crippen molar-refractivity contribution in [3.8, 4) is 22.2 Å². The maximum atomic E-state index is 13.0. The molecule has 1 N–H and O–H groups in total. The lowest BCUT2D eigenvalue weighted by Gasteiger charge is -1.96. The van der Waals surface area contributed by atoms with Crippen LogP contribution in [0.25, 0.3) is 22.2 Å². The topological polar surface area (TPSA) is 80.9 Å². The monoisotopic (exact) mass is 386 g/mol. The van der Waals surface area contributed by atoms with Crippen LogP contribution in [-0.2, 0) is 0 Å². The largest absolute Gasteiger partial charge is 0.333 e. The molecular formula is C17H11FN4O2S2. The Kier molecular flexibility index (Phi) is 4.31. The van der Waals surface area contributed by atoms with Crippen LogP contribution in [0.4, 0.5) is 9.52 Å². The van der Waals surface area contributed by atoms with Crippen LogP contribution < -0.4 is 5.32 Å². The van der Waals surface area contributed by atoms with Crippen LogP contribution in [-0.4, -0.2) is 21.0 Å². The fourth-order valence-electron chi connectivity index (χ4n) is 2.25. The van der Waals surface area contributed by atoms with Gasteiger partial charge in [-0.2, -0.15) is 4.98 Å². The third-order valence-electron chi connectivity index (χ3n) is 3.48. The van der Waals surface area contributed by atoms with Gasteiger partial charge in [0.2, 0.25) is 5.82 Å². The Morgan fingerprint density at radius 2 is 2.00 bits per heavy atom. The number of thiazole rings is 1. The zero-order valence-electron chi connectivity index (χ0n) is 13.4. The molecule has 0 radical (unpaired) electrons. The second-order valence-electron chi connectivity index (χ2n) is 5.30. The van der Waals surface area contributed by atoms with E-state index < -0.39 is 0 Å². The number of halogens is 1. The van der Waals surface area contributed by atoms with Crippen molar-refractivity contribution in [3.63, 3.8) is 0 Å². The maximum Gasteiger partial charge on any atom is 0.270 e. The average molecular weight is 386 g/mol. The minimum Gasteiger partial charge on any atom is -0.333 e. The van der Waals surface area contributed by atoms with Gasteiger partial charge >= 0.3 is 0 Å². The summed E-state index contributed by atoms with van der Waals surface area (Å²) in [7, 11) is 0. The van der Waals surface area contributed by atoms with Crippen molar-refractivity contribution in [1.29, 1.82) is 0 Å². The van der Waals surface area contributed by atoms with E-state index in [-0.39, 0.29) is 11.7 Å². The van der Waals surface area contributed by atoms with Crippen LogP contribution in [0.3, 0.4) is 0 Å². The first-order valence-electron chi connectivity index (χ1n) is 7.52. The highest BCUT2D eigenvalue weighted by atomic mass is 32.1. The Bertz CT molecular complexity index is 1060. The van der Waals surface area contributed by atoms with Crippen LogP contribution in [0.5, 0.6) is 0 Å². The van der Waals surface area contributed by atoms with Gasteiger partial charge in [-0.15, -0.1) is 11.3 Å². The van der Waals surface area contributed by atoms with Crippen molar-refractivity contribution < 1.29 is 13.7 Å². The molecule has 6 nitrogen and oxygen atoms in total. The van der Waals surface area contributed by atoms with Gasteiger partial charge in [0.15, 0.2) is 5.13 Å². The molecular weight excluding hydrogens is 375 g/mol. The van der Waals surface area contributed by atoms with E-state index in [1.54, 1.807) is 25.1 Å². The molecule has 1 aromatic carbocycles. The SMILES string of the molecule is Cc1nc(NC(=O)c2cccs2)sc1-c1nc(-c2ccc(F)cc2)no1. The van der Waals surface area contributed by atoms with E-state index in [0.29, 0.717) is 37.9 Å². The number of carbonyl (C=O) groups excluding carboxylic acids is 1. The molecule has 3 heterocycles. The molecule has 3 aromatic heterocycles. The van der Waals surface area contributed by atoms with Crippen LogP contribution >= 0.6 is 22.7 Å². The van der Waals surface area contributed by atoms with Crippen LogP contribution in [0.2, 0.25) is 0 Å². The Labute approximate surface area is 155 Å². The fourth-order valence-corrected chi connectivity index (χ4v) is 3.75. The van der Waals surface area contributed by atoms with Crippen molar-refractivity contribution in [2.45, 2.75) is 6.92 Å². The molecule has 130 valence electrons. The van der Waals surface area contributed by atoms with Gasteiger partial charge in [0.1, 0.15) is 10.7 Å². The first kappa shape index (κ1) is 16.6. The summed E-state index contributed by atoms with van der Waals surface area (Å²) in [5.74, 6) is 0.118. The Morgan fingerprint density at radius 3 is 2.73 bits per heavy atom. The van der Waals surface area contributed by atoms with Crippen molar-refractivity contribution in [2.75, 3.05) is 5.32 Å². The van der Waals surface area contributed by atoms with E-state index in [0.717, 1.165) is 0 Å². The molecule has 1 amide bonds. The van der Waals surface area contributed by atoms with Crippen molar-refractivity contribution >= 4 is 33.7 Å². The highest BCUT2D eigenvalue weighted by Crippen LogP contribution is 2.33. The van der Waals surface area contributed by atoms with E-state index in [9.17, 15) is 9.18 Å². The van der Waals surface area contributed by atoms with E-state index in [1.165, 1.54) is 34.8 Å². The molecule has 0 saturated carbocycles. The highest BCUT2D eigenvalue weighted by Gasteiger charge is 2.18. The lowest BCUT2D eigenvalue weighted by atomic mass is 10.2. The van der Waals surface area contributed by atoms with Gasteiger partial charge in [-0.3, -0.25) is 10.1 Å². The number of benzene rings is 1. The minimum atomic E-state index is -0.332. The number of nitrogens with one attached hydrogen (secondary N) is 1. The van der Waals surface area contributed by atoms with Gasteiger partial charge in [-0.25, -0.2) is 9.37 Å². The quantitative estimate of drug-likeness (QED) is 0.553. The Morgan fingerprint density at radius 1 is 1.19 bits per heavy atom. The third kappa shape index (κ3) is 3.26. The van der Waals surface area contributed by atoms with E-state index in [4.69, 9.17) is 4.52 Å². The first-order valence-corrected chi connectivity index (χ1v) is 9.22. The number of amides is 1. The number of hydrogen-bond donors (Lipinski definition) is 1. The lowest BCUT2D eigenvalue weighted by Crippen LogP contribution is -2.09. The van der Waals surface area contributed by atoms with E-state index >= 15 is 0 Å². The smallest absolute Gasteiger partial charge is 0.270 e. The van der Waals surface area contributed by atoms with Crippen molar-refractivity contribution in [3.05, 3.63) is 58.2 Å². The standard InChI is InChI=1S/C17H11FN4O2S2/c1-9-13(26-17(19-9)21-15(23)12-3-2-8-25-12)16-20-14(22-24-16)10-4-6-11(18)7-5-10/h2-8H,1H3,(H,19,21,23). The van der Waals surface area contributed by atoms with Gasteiger partial charge in [0, 0.05) is 5.56 Å². The van der Waals surface area contributed by atoms with E-state index in [2.05, 4.69) is 20.4 Å². The molecule has 0 atom stereocenters. The van der Waals surface area contributed by atoms with Gasteiger partial charge in [-0.1, -0.05) is 22.6 Å². The number of thiophene rings is 1. The van der Waals surface area contributed by atoms with E-state index in [1.807, 2.05) is 11.4 Å². The summed E-state index contributed by atoms with van der Waals surface area (Å²) >= 11 is 2.61. The zero-order valence-corrected chi connectivity index (χ0v) is 15.0. The van der Waals surface area contributed by atoms with Gasteiger partial charge in [0.25, 0.3) is 11.8 Å². The number of nitrogens with zero attached hydrogens (tertiary/aromatic N) is 3. The summed E-state index contributed by atoms with van der Waals surface area (Å²) in [5.41, 5.74) is 1.32. The predicted octanol–water partition coefficient (Wildman–Crippen LogP) is 4.62. The number of aromatic nitrogens is 3. The summed E-state index contributed by atoms with van der Waals surface area (Å²) in [6.45, 7) is 1.80. The van der Waals surface area contributed by atoms with Crippen LogP contribution in [0, 0.1) is 12.7 Å². The molecule has 0 aliphatic carbocycles. The van der Waals surface area contributed by atoms with Crippen molar-refractivity contribution in [2.24, 2.45) is 0 Å². The molecule has 0 fully saturated rings. The minimum absolute atomic E-state index is 0.210. The molecule has 0 unspecified atom stereocenters. The summed E-state index contributed by atoms with van der Waals surface area (Å²) in [6.07, 6.45) is 0.